The lowest BCUT2D eigenvalue weighted by Crippen LogP contribution is -2.31. The van der Waals surface area contributed by atoms with Gasteiger partial charge in [0.15, 0.2) is 0 Å². The Labute approximate surface area is 136 Å². The fraction of sp³-hybridized carbons (Fsp3) is 0.333. The number of anilines is 1. The van der Waals surface area contributed by atoms with Crippen molar-refractivity contribution in [2.24, 2.45) is 0 Å². The number of nitrogens with zero attached hydrogens (tertiary/aromatic N) is 2. The summed E-state index contributed by atoms with van der Waals surface area (Å²) in [5, 5.41) is 0. The molecule has 5 nitrogen and oxygen atoms in total. The first kappa shape index (κ1) is 15.3. The first-order valence-electron chi connectivity index (χ1n) is 7.85. The molecule has 3 rings (SSSR count). The van der Waals surface area contributed by atoms with Crippen LogP contribution >= 0.6 is 0 Å². The molecule has 0 unspecified atom stereocenters. The number of benzene rings is 1. The third-order valence-corrected chi connectivity index (χ3v) is 4.20. The highest BCUT2D eigenvalue weighted by Crippen LogP contribution is 2.34. The minimum Gasteiger partial charge on any atom is -0.445 e. The summed E-state index contributed by atoms with van der Waals surface area (Å²) in [7, 11) is 0. The van der Waals surface area contributed by atoms with Gasteiger partial charge in [-0.05, 0) is 37.0 Å². The molecule has 0 spiro atoms. The number of nitrogens with two attached hydrogens (primary N) is 1. The highest BCUT2D eigenvalue weighted by molar-refractivity contribution is 5.69. The molecule has 0 radical (unpaired) electrons. The van der Waals surface area contributed by atoms with E-state index in [1.54, 1.807) is 11.0 Å². The van der Waals surface area contributed by atoms with Crippen LogP contribution in [-0.4, -0.2) is 22.5 Å². The second kappa shape index (κ2) is 6.69. The van der Waals surface area contributed by atoms with Crippen LogP contribution in [0.5, 0.6) is 0 Å². The highest BCUT2D eigenvalue weighted by atomic mass is 16.6. The third-order valence-electron chi connectivity index (χ3n) is 4.20. The molecule has 1 aliphatic heterocycles. The van der Waals surface area contributed by atoms with Crippen LogP contribution in [0.4, 0.5) is 10.6 Å². The molecule has 2 aromatic rings. The van der Waals surface area contributed by atoms with Gasteiger partial charge in [-0.15, -0.1) is 0 Å². The van der Waals surface area contributed by atoms with E-state index in [2.05, 4.69) is 4.98 Å². The average molecular weight is 311 g/mol. The van der Waals surface area contributed by atoms with Gasteiger partial charge in [-0.25, -0.2) is 9.78 Å². The SMILES string of the molecule is Cc1nc(N)ccc1[C@@H]1CCCN1C(=O)OCc1ccccc1. The Morgan fingerprint density at radius 1 is 1.30 bits per heavy atom. The van der Waals surface area contributed by atoms with E-state index in [1.807, 2.05) is 43.3 Å². The molecule has 1 aliphatic rings. The smallest absolute Gasteiger partial charge is 0.410 e. The van der Waals surface area contributed by atoms with Gasteiger partial charge in [0, 0.05) is 12.2 Å². The van der Waals surface area contributed by atoms with Gasteiger partial charge in [0.25, 0.3) is 0 Å². The Hall–Kier alpha value is -2.56. The van der Waals surface area contributed by atoms with Crippen molar-refractivity contribution in [3.63, 3.8) is 0 Å². The lowest BCUT2D eigenvalue weighted by atomic mass is 10.0. The van der Waals surface area contributed by atoms with E-state index in [-0.39, 0.29) is 12.1 Å². The average Bonchev–Trinajstić information content (AvgIpc) is 3.03. The maximum absolute atomic E-state index is 12.4. The second-order valence-electron chi connectivity index (χ2n) is 5.80. The molecule has 0 aliphatic carbocycles. The number of ether oxygens (including phenoxy) is 1. The van der Waals surface area contributed by atoms with Crippen molar-refractivity contribution in [1.82, 2.24) is 9.88 Å². The lowest BCUT2D eigenvalue weighted by Gasteiger charge is -2.25. The van der Waals surface area contributed by atoms with Gasteiger partial charge in [0.1, 0.15) is 12.4 Å². The van der Waals surface area contributed by atoms with Crippen molar-refractivity contribution < 1.29 is 9.53 Å². The van der Waals surface area contributed by atoms with Crippen LogP contribution < -0.4 is 5.73 Å². The molecule has 1 saturated heterocycles. The number of nitrogen functional groups attached to an aromatic ring is 1. The van der Waals surface area contributed by atoms with Crippen LogP contribution in [0.2, 0.25) is 0 Å². The van der Waals surface area contributed by atoms with Crippen LogP contribution in [0, 0.1) is 6.92 Å². The zero-order chi connectivity index (χ0) is 16.2. The number of rotatable bonds is 3. The number of likely N-dealkylation sites (tertiary alicyclic amines) is 1. The fourth-order valence-electron chi connectivity index (χ4n) is 3.05. The number of pyridine rings is 1. The van der Waals surface area contributed by atoms with Gasteiger partial charge in [-0.1, -0.05) is 36.4 Å². The van der Waals surface area contributed by atoms with E-state index >= 15 is 0 Å². The number of carbonyl (C=O) groups is 1. The first-order chi connectivity index (χ1) is 11.1. The molecule has 120 valence electrons. The maximum atomic E-state index is 12.4. The van der Waals surface area contributed by atoms with Gasteiger partial charge in [-0.2, -0.15) is 0 Å². The number of amides is 1. The first-order valence-corrected chi connectivity index (χ1v) is 7.85. The minimum atomic E-state index is -0.271. The number of carbonyl (C=O) groups excluding carboxylic acids is 1. The van der Waals surface area contributed by atoms with E-state index in [9.17, 15) is 4.79 Å². The summed E-state index contributed by atoms with van der Waals surface area (Å²) >= 11 is 0. The summed E-state index contributed by atoms with van der Waals surface area (Å²) in [5.41, 5.74) is 8.63. The summed E-state index contributed by atoms with van der Waals surface area (Å²) in [6.07, 6.45) is 1.62. The Bertz CT molecular complexity index is 688. The van der Waals surface area contributed by atoms with Crippen molar-refractivity contribution in [3.8, 4) is 0 Å². The molecule has 1 aromatic heterocycles. The van der Waals surface area contributed by atoms with E-state index in [0.717, 1.165) is 29.7 Å². The van der Waals surface area contributed by atoms with Gasteiger partial charge >= 0.3 is 6.09 Å². The maximum Gasteiger partial charge on any atom is 0.410 e. The van der Waals surface area contributed by atoms with Crippen molar-refractivity contribution in [2.75, 3.05) is 12.3 Å². The predicted molar refractivity (Wildman–Crippen MR) is 88.7 cm³/mol. The zero-order valence-corrected chi connectivity index (χ0v) is 13.2. The second-order valence-corrected chi connectivity index (χ2v) is 5.80. The Morgan fingerprint density at radius 2 is 2.09 bits per heavy atom. The molecule has 2 N–H and O–H groups in total. The van der Waals surface area contributed by atoms with Crippen LogP contribution in [0.3, 0.4) is 0 Å². The normalized spacial score (nSPS) is 17.3. The molecule has 1 aromatic carbocycles. The van der Waals surface area contributed by atoms with E-state index in [0.29, 0.717) is 19.0 Å². The molecule has 1 atom stereocenters. The summed E-state index contributed by atoms with van der Waals surface area (Å²) in [6.45, 7) is 2.93. The molecule has 2 heterocycles. The molecular formula is C18H21N3O2. The van der Waals surface area contributed by atoms with Crippen molar-refractivity contribution >= 4 is 11.9 Å². The number of aryl methyl sites for hydroxylation is 1. The van der Waals surface area contributed by atoms with Crippen LogP contribution in [-0.2, 0) is 11.3 Å². The fourth-order valence-corrected chi connectivity index (χ4v) is 3.05. The van der Waals surface area contributed by atoms with Gasteiger partial charge < -0.3 is 15.4 Å². The largest absolute Gasteiger partial charge is 0.445 e. The zero-order valence-electron chi connectivity index (χ0n) is 13.2. The standard InChI is InChI=1S/C18H21N3O2/c1-13-15(9-10-17(19)20-13)16-8-5-11-21(16)18(22)23-12-14-6-3-2-4-7-14/h2-4,6-7,9-10,16H,5,8,11-12H2,1H3,(H2,19,20)/t16-/m0/s1. The van der Waals surface area contributed by atoms with Gasteiger partial charge in [0.05, 0.1) is 6.04 Å². The lowest BCUT2D eigenvalue weighted by molar-refractivity contribution is 0.0919. The monoisotopic (exact) mass is 311 g/mol. The molecule has 1 fully saturated rings. The molecule has 1 amide bonds. The van der Waals surface area contributed by atoms with Crippen molar-refractivity contribution in [1.29, 1.82) is 0 Å². The van der Waals surface area contributed by atoms with E-state index < -0.39 is 0 Å². The Kier molecular flexibility index (Phi) is 4.46. The predicted octanol–water partition coefficient (Wildman–Crippen LogP) is 3.45. The summed E-state index contributed by atoms with van der Waals surface area (Å²) in [4.78, 5) is 18.5. The van der Waals surface area contributed by atoms with Crippen molar-refractivity contribution in [2.45, 2.75) is 32.4 Å². The highest BCUT2D eigenvalue weighted by Gasteiger charge is 2.32. The Balaban J connectivity index is 1.69. The van der Waals surface area contributed by atoms with Gasteiger partial charge in [-0.3, -0.25) is 0 Å². The quantitative estimate of drug-likeness (QED) is 0.942. The van der Waals surface area contributed by atoms with Crippen LogP contribution in [0.25, 0.3) is 0 Å². The van der Waals surface area contributed by atoms with Crippen molar-refractivity contribution in [3.05, 3.63) is 59.3 Å². The molecule has 5 heteroatoms. The van der Waals surface area contributed by atoms with Crippen LogP contribution in [0.1, 0.15) is 35.7 Å². The topological polar surface area (TPSA) is 68.5 Å². The van der Waals surface area contributed by atoms with Crippen LogP contribution in [0.15, 0.2) is 42.5 Å². The molecular weight excluding hydrogens is 290 g/mol. The molecule has 23 heavy (non-hydrogen) atoms. The number of hydrogen-bond donors (Lipinski definition) is 1. The third kappa shape index (κ3) is 3.44. The molecule has 0 bridgehead atoms. The number of hydrogen-bond acceptors (Lipinski definition) is 4. The summed E-state index contributed by atoms with van der Waals surface area (Å²) < 4.78 is 5.47. The summed E-state index contributed by atoms with van der Waals surface area (Å²) in [5.74, 6) is 0.502. The van der Waals surface area contributed by atoms with E-state index in [1.165, 1.54) is 0 Å². The Morgan fingerprint density at radius 3 is 2.83 bits per heavy atom. The minimum absolute atomic E-state index is 0.0198. The van der Waals surface area contributed by atoms with Gasteiger partial charge in [0.2, 0.25) is 0 Å². The number of aromatic nitrogens is 1. The molecule has 0 saturated carbocycles. The van der Waals surface area contributed by atoms with E-state index in [4.69, 9.17) is 10.5 Å². The summed E-state index contributed by atoms with van der Waals surface area (Å²) in [6, 6.07) is 13.5.